The van der Waals surface area contributed by atoms with E-state index in [0.717, 1.165) is 12.1 Å². The molecule has 0 saturated heterocycles. The number of nitrogens with one attached hydrogen (secondary N) is 3. The van der Waals surface area contributed by atoms with E-state index in [-0.39, 0.29) is 11.5 Å². The van der Waals surface area contributed by atoms with Gasteiger partial charge in [0.05, 0.1) is 6.04 Å². The average Bonchev–Trinajstić information content (AvgIpc) is 2.75. The molecule has 1 heterocycles. The third-order valence-electron chi connectivity index (χ3n) is 4.34. The topological polar surface area (TPSA) is 100 Å². The molecule has 1 aromatic heterocycles. The first-order valence-corrected chi connectivity index (χ1v) is 11.6. The van der Waals surface area contributed by atoms with Gasteiger partial charge < -0.3 is 10.6 Å². The summed E-state index contributed by atoms with van der Waals surface area (Å²) in [5.74, 6) is -0.518. The number of hydrogen-bond acceptors (Lipinski definition) is 5. The van der Waals surface area contributed by atoms with Gasteiger partial charge in [0.2, 0.25) is 11.9 Å². The third kappa shape index (κ3) is 8.04. The number of hydrogen-bond donors (Lipinski definition) is 3. The molecule has 1 amide bonds. The molecule has 0 aliphatic carbocycles. The fraction of sp³-hybridized carbons (Fsp3) is 0.333. The lowest BCUT2D eigenvalue weighted by molar-refractivity contribution is -0.141. The second-order valence-electron chi connectivity index (χ2n) is 7.07. The molecule has 3 N–H and O–H groups in total. The monoisotopic (exact) mass is 488 g/mol. The maximum absolute atomic E-state index is 13.0. The van der Waals surface area contributed by atoms with Crippen LogP contribution >= 0.6 is 0 Å². The number of pyridine rings is 1. The molecule has 0 aliphatic rings. The van der Waals surface area contributed by atoms with E-state index < -0.39 is 39.8 Å². The van der Waals surface area contributed by atoms with Gasteiger partial charge in [0.1, 0.15) is 11.5 Å². The molecule has 1 atom stereocenters. The summed E-state index contributed by atoms with van der Waals surface area (Å²) < 4.78 is 76.2. The van der Waals surface area contributed by atoms with Gasteiger partial charge in [0.25, 0.3) is 10.0 Å². The molecule has 180 valence electrons. The highest BCUT2D eigenvalue weighted by molar-refractivity contribution is 7.92. The number of rotatable bonds is 10. The van der Waals surface area contributed by atoms with Crippen molar-refractivity contribution < 1.29 is 30.8 Å². The molecule has 0 fully saturated rings. The molecule has 12 heteroatoms. The molecule has 0 saturated carbocycles. The fourth-order valence-electron chi connectivity index (χ4n) is 2.74. The zero-order valence-electron chi connectivity index (χ0n) is 17.9. The van der Waals surface area contributed by atoms with Gasteiger partial charge >= 0.3 is 6.18 Å². The van der Waals surface area contributed by atoms with Crippen LogP contribution in [0.1, 0.15) is 43.1 Å². The average molecular weight is 489 g/mol. The number of sulfonamides is 1. The summed E-state index contributed by atoms with van der Waals surface area (Å²) in [5, 5.41) is 5.49. The van der Waals surface area contributed by atoms with Crippen molar-refractivity contribution in [3.63, 3.8) is 0 Å². The van der Waals surface area contributed by atoms with Crippen molar-refractivity contribution in [2.75, 3.05) is 22.6 Å². The normalized spacial score (nSPS) is 13.0. The van der Waals surface area contributed by atoms with Gasteiger partial charge in [-0.2, -0.15) is 13.2 Å². The number of benzene rings is 1. The lowest BCUT2D eigenvalue weighted by atomic mass is 10.1. The second-order valence-corrected chi connectivity index (χ2v) is 8.73. The van der Waals surface area contributed by atoms with Gasteiger partial charge in [-0.05, 0) is 49.2 Å². The molecule has 0 spiro atoms. The molecular formula is C21H24F4N4O3S. The minimum atomic E-state index is -4.59. The molecule has 7 nitrogen and oxygen atoms in total. The second kappa shape index (κ2) is 11.1. The standard InChI is InChI=1S/C21H24F4N4O3S/c1-3-11-26-20-15(7-9-18(28-20)21(23,24)25)8-10-19(30)27-14(2)16-5-4-6-17(12-16)29-33(31,32)13-22/h4-10,12,14,29H,3,11,13H2,1-2H3,(H,26,28)(H,27,30)/b10-8-/t14-/m1/s1. The number of alkyl halides is 4. The molecule has 0 unspecified atom stereocenters. The molecule has 2 rings (SSSR count). The molecule has 0 bridgehead atoms. The van der Waals surface area contributed by atoms with Crippen molar-refractivity contribution in [2.45, 2.75) is 32.5 Å². The Balaban J connectivity index is 2.13. The van der Waals surface area contributed by atoms with Gasteiger partial charge in [-0.1, -0.05) is 19.1 Å². The van der Waals surface area contributed by atoms with E-state index >= 15 is 0 Å². The summed E-state index contributed by atoms with van der Waals surface area (Å²) in [6.07, 6.45) is -1.42. The molecule has 0 radical (unpaired) electrons. The van der Waals surface area contributed by atoms with Gasteiger partial charge in [-0.3, -0.25) is 9.52 Å². The Kier molecular flexibility index (Phi) is 8.80. The molecule has 2 aromatic rings. The van der Waals surface area contributed by atoms with E-state index in [0.29, 0.717) is 24.1 Å². The van der Waals surface area contributed by atoms with Crippen molar-refractivity contribution in [1.82, 2.24) is 10.3 Å². The first-order valence-electron chi connectivity index (χ1n) is 9.92. The predicted octanol–water partition coefficient (Wildman–Crippen LogP) is 4.48. The van der Waals surface area contributed by atoms with E-state index in [1.54, 1.807) is 19.1 Å². The minimum Gasteiger partial charge on any atom is -0.370 e. The lowest BCUT2D eigenvalue weighted by Gasteiger charge is -2.15. The van der Waals surface area contributed by atoms with Gasteiger partial charge in [0, 0.05) is 23.9 Å². The van der Waals surface area contributed by atoms with Crippen molar-refractivity contribution in [2.24, 2.45) is 0 Å². The van der Waals surface area contributed by atoms with Crippen LogP contribution in [0.25, 0.3) is 6.08 Å². The highest BCUT2D eigenvalue weighted by Gasteiger charge is 2.32. The number of amides is 1. The Morgan fingerprint density at radius 2 is 1.94 bits per heavy atom. The SMILES string of the molecule is CCCNc1nc(C(F)(F)F)ccc1/C=C\C(=O)N[C@H](C)c1cccc(NS(=O)(=O)CF)c1. The van der Waals surface area contributed by atoms with Crippen LogP contribution in [0.15, 0.2) is 42.5 Å². The first-order chi connectivity index (χ1) is 15.4. The Labute approximate surface area is 189 Å². The maximum atomic E-state index is 13.0. The van der Waals surface area contributed by atoms with E-state index in [1.807, 2.05) is 6.92 Å². The molecular weight excluding hydrogens is 464 g/mol. The zero-order valence-corrected chi connectivity index (χ0v) is 18.7. The fourth-order valence-corrected chi connectivity index (χ4v) is 3.28. The highest BCUT2D eigenvalue weighted by Crippen LogP contribution is 2.30. The number of anilines is 2. The van der Waals surface area contributed by atoms with Gasteiger partial charge in [-0.25, -0.2) is 17.8 Å². The van der Waals surface area contributed by atoms with Crippen LogP contribution in [-0.2, 0) is 21.0 Å². The number of carbonyl (C=O) groups excluding carboxylic acids is 1. The Morgan fingerprint density at radius 3 is 2.58 bits per heavy atom. The molecule has 1 aromatic carbocycles. The van der Waals surface area contributed by atoms with Crippen LogP contribution in [0.3, 0.4) is 0 Å². The lowest BCUT2D eigenvalue weighted by Crippen LogP contribution is -2.24. The maximum Gasteiger partial charge on any atom is 0.433 e. The summed E-state index contributed by atoms with van der Waals surface area (Å²) in [5.41, 5.74) is -0.0389. The zero-order chi connectivity index (χ0) is 24.6. The van der Waals surface area contributed by atoms with Crippen LogP contribution in [0, 0.1) is 0 Å². The van der Waals surface area contributed by atoms with Crippen LogP contribution in [-0.4, -0.2) is 31.9 Å². The smallest absolute Gasteiger partial charge is 0.370 e. The summed E-state index contributed by atoms with van der Waals surface area (Å²) in [7, 11) is -4.10. The van der Waals surface area contributed by atoms with E-state index in [2.05, 4.69) is 20.3 Å². The molecule has 0 aliphatic heterocycles. The van der Waals surface area contributed by atoms with E-state index in [1.165, 1.54) is 24.3 Å². The Bertz CT molecular complexity index is 1100. The van der Waals surface area contributed by atoms with Crippen molar-refractivity contribution in [1.29, 1.82) is 0 Å². The van der Waals surface area contributed by atoms with Gasteiger partial charge in [-0.15, -0.1) is 0 Å². The number of aromatic nitrogens is 1. The number of carbonyl (C=O) groups is 1. The predicted molar refractivity (Wildman–Crippen MR) is 119 cm³/mol. The van der Waals surface area contributed by atoms with Crippen LogP contribution in [0.2, 0.25) is 0 Å². The first kappa shape index (κ1) is 26.1. The van der Waals surface area contributed by atoms with E-state index in [9.17, 15) is 30.8 Å². The summed E-state index contributed by atoms with van der Waals surface area (Å²) in [6.45, 7) is 3.91. The summed E-state index contributed by atoms with van der Waals surface area (Å²) in [4.78, 5) is 15.9. The minimum absolute atomic E-state index is 0.0108. The van der Waals surface area contributed by atoms with Crippen molar-refractivity contribution in [3.05, 3.63) is 59.3 Å². The summed E-state index contributed by atoms with van der Waals surface area (Å²) in [6, 6.07) is 6.03. The third-order valence-corrected chi connectivity index (χ3v) is 5.17. The molecule has 33 heavy (non-hydrogen) atoms. The number of halogens is 4. The highest BCUT2D eigenvalue weighted by atomic mass is 32.2. The quantitative estimate of drug-likeness (QED) is 0.338. The van der Waals surface area contributed by atoms with E-state index in [4.69, 9.17) is 0 Å². The van der Waals surface area contributed by atoms with Crippen LogP contribution in [0.4, 0.5) is 29.1 Å². The Hall–Kier alpha value is -3.15. The van der Waals surface area contributed by atoms with Crippen molar-refractivity contribution >= 4 is 33.5 Å². The van der Waals surface area contributed by atoms with Crippen LogP contribution < -0.4 is 15.4 Å². The largest absolute Gasteiger partial charge is 0.433 e. The number of nitrogens with zero attached hydrogens (tertiary/aromatic N) is 1. The Morgan fingerprint density at radius 1 is 1.21 bits per heavy atom. The van der Waals surface area contributed by atoms with Gasteiger partial charge in [0.15, 0.2) is 0 Å². The summed E-state index contributed by atoms with van der Waals surface area (Å²) >= 11 is 0. The van der Waals surface area contributed by atoms with Crippen LogP contribution in [0.5, 0.6) is 0 Å². The van der Waals surface area contributed by atoms with Crippen molar-refractivity contribution in [3.8, 4) is 0 Å².